The van der Waals surface area contributed by atoms with Crippen molar-refractivity contribution in [2.75, 3.05) is 5.32 Å². The molecule has 1 amide bonds. The number of aromatic nitrogens is 6. The summed E-state index contributed by atoms with van der Waals surface area (Å²) in [4.78, 5) is 12.6. The van der Waals surface area contributed by atoms with Crippen LogP contribution in [-0.2, 0) is 11.2 Å². The molecule has 1 aromatic carbocycles. The Morgan fingerprint density at radius 1 is 1.07 bits per heavy atom. The van der Waals surface area contributed by atoms with E-state index in [-0.39, 0.29) is 11.8 Å². The minimum Gasteiger partial charge on any atom is -0.310 e. The summed E-state index contributed by atoms with van der Waals surface area (Å²) in [6.45, 7) is 5.96. The molecule has 1 atom stereocenters. The lowest BCUT2D eigenvalue weighted by Gasteiger charge is -2.24. The van der Waals surface area contributed by atoms with Gasteiger partial charge >= 0.3 is 0 Å². The van der Waals surface area contributed by atoms with Crippen molar-refractivity contribution >= 4 is 17.4 Å². The average molecular weight is 387 g/mol. The molecule has 146 valence electrons. The standard InChI is InChI=1S/C21H21N7O/c1-4-14-5-7-15(8-6-14)16-11-19(29)22-21-20(16)12(2)25-28(21)18-10-9-17-24-23-13(3)27(17)26-18/h5-10,16H,4,11H2,1-3H3,(H,22,29)/t16-/m0/s1. The van der Waals surface area contributed by atoms with Crippen LogP contribution in [0.2, 0.25) is 0 Å². The number of nitrogens with zero attached hydrogens (tertiary/aromatic N) is 6. The molecule has 5 rings (SSSR count). The van der Waals surface area contributed by atoms with E-state index in [0.717, 1.165) is 23.2 Å². The molecule has 0 radical (unpaired) electrons. The maximum Gasteiger partial charge on any atom is 0.226 e. The SMILES string of the molecule is CCc1ccc([C@@H]2CC(=O)Nc3c2c(C)nn3-c2ccc3nnc(C)n3n2)cc1. The molecule has 0 saturated carbocycles. The van der Waals surface area contributed by atoms with Gasteiger partial charge in [-0.15, -0.1) is 15.3 Å². The molecular formula is C21H21N7O. The highest BCUT2D eigenvalue weighted by atomic mass is 16.1. The molecule has 0 unspecified atom stereocenters. The van der Waals surface area contributed by atoms with Crippen molar-refractivity contribution in [1.82, 2.24) is 29.6 Å². The van der Waals surface area contributed by atoms with Crippen molar-refractivity contribution in [3.05, 3.63) is 64.6 Å². The van der Waals surface area contributed by atoms with E-state index in [1.807, 2.05) is 26.0 Å². The van der Waals surface area contributed by atoms with Crippen LogP contribution in [-0.4, -0.2) is 35.5 Å². The lowest BCUT2D eigenvalue weighted by Crippen LogP contribution is -2.25. The number of rotatable bonds is 3. The molecule has 1 N–H and O–H groups in total. The molecule has 3 aromatic heterocycles. The quantitative estimate of drug-likeness (QED) is 0.584. The van der Waals surface area contributed by atoms with Crippen LogP contribution >= 0.6 is 0 Å². The number of hydrogen-bond acceptors (Lipinski definition) is 5. The zero-order chi connectivity index (χ0) is 20.1. The fourth-order valence-electron chi connectivity index (χ4n) is 3.98. The summed E-state index contributed by atoms with van der Waals surface area (Å²) in [5, 5.41) is 20.5. The normalized spacial score (nSPS) is 16.1. The molecule has 0 bridgehead atoms. The molecular weight excluding hydrogens is 366 g/mol. The smallest absolute Gasteiger partial charge is 0.226 e. The van der Waals surface area contributed by atoms with E-state index in [0.29, 0.717) is 29.5 Å². The summed E-state index contributed by atoms with van der Waals surface area (Å²) in [6.07, 6.45) is 1.40. The van der Waals surface area contributed by atoms with Gasteiger partial charge in [0.15, 0.2) is 17.3 Å². The molecule has 1 aliphatic heterocycles. The summed E-state index contributed by atoms with van der Waals surface area (Å²) in [5.74, 6) is 1.93. The Hall–Kier alpha value is -3.55. The van der Waals surface area contributed by atoms with Gasteiger partial charge < -0.3 is 5.32 Å². The number of carbonyl (C=O) groups is 1. The third kappa shape index (κ3) is 2.79. The second-order valence-electron chi connectivity index (χ2n) is 7.37. The molecule has 8 heteroatoms. The Morgan fingerprint density at radius 3 is 2.62 bits per heavy atom. The highest BCUT2D eigenvalue weighted by Gasteiger charge is 2.33. The minimum atomic E-state index is -0.0289. The van der Waals surface area contributed by atoms with E-state index < -0.39 is 0 Å². The second-order valence-corrected chi connectivity index (χ2v) is 7.37. The van der Waals surface area contributed by atoms with Crippen molar-refractivity contribution in [3.63, 3.8) is 0 Å². The summed E-state index contributed by atoms with van der Waals surface area (Å²) in [6, 6.07) is 12.2. The van der Waals surface area contributed by atoms with Crippen LogP contribution < -0.4 is 5.32 Å². The topological polar surface area (TPSA) is 90.0 Å². The lowest BCUT2D eigenvalue weighted by molar-refractivity contribution is -0.116. The first-order valence-corrected chi connectivity index (χ1v) is 9.72. The van der Waals surface area contributed by atoms with E-state index in [2.05, 4.69) is 51.8 Å². The van der Waals surface area contributed by atoms with Gasteiger partial charge in [0.2, 0.25) is 5.91 Å². The Morgan fingerprint density at radius 2 is 1.86 bits per heavy atom. The first kappa shape index (κ1) is 17.5. The lowest BCUT2D eigenvalue weighted by atomic mass is 9.85. The first-order valence-electron chi connectivity index (χ1n) is 9.72. The maximum atomic E-state index is 12.6. The molecule has 4 heterocycles. The first-order chi connectivity index (χ1) is 14.0. The number of hydrogen-bond donors (Lipinski definition) is 1. The Balaban J connectivity index is 1.65. The number of benzene rings is 1. The van der Waals surface area contributed by atoms with Crippen molar-refractivity contribution in [3.8, 4) is 5.82 Å². The second kappa shape index (κ2) is 6.51. The van der Waals surface area contributed by atoms with E-state index in [1.54, 1.807) is 9.20 Å². The van der Waals surface area contributed by atoms with E-state index >= 15 is 0 Å². The molecule has 1 aliphatic rings. The van der Waals surface area contributed by atoms with Crippen molar-refractivity contribution in [1.29, 1.82) is 0 Å². The third-order valence-electron chi connectivity index (χ3n) is 5.51. The van der Waals surface area contributed by atoms with Gasteiger partial charge in [0.25, 0.3) is 0 Å². The van der Waals surface area contributed by atoms with Crippen LogP contribution in [0.3, 0.4) is 0 Å². The zero-order valence-corrected chi connectivity index (χ0v) is 16.5. The van der Waals surface area contributed by atoms with E-state index in [4.69, 9.17) is 5.10 Å². The van der Waals surface area contributed by atoms with Gasteiger partial charge in [0.1, 0.15) is 5.82 Å². The van der Waals surface area contributed by atoms with E-state index in [9.17, 15) is 4.79 Å². The predicted octanol–water partition coefficient (Wildman–Crippen LogP) is 2.96. The number of nitrogens with one attached hydrogen (secondary N) is 1. The molecule has 29 heavy (non-hydrogen) atoms. The van der Waals surface area contributed by atoms with Crippen molar-refractivity contribution in [2.45, 2.75) is 39.5 Å². The summed E-state index contributed by atoms with van der Waals surface area (Å²) in [7, 11) is 0. The number of anilines is 1. The van der Waals surface area contributed by atoms with Crippen LogP contribution in [0.4, 0.5) is 5.82 Å². The van der Waals surface area contributed by atoms with Gasteiger partial charge in [-0.2, -0.15) is 14.3 Å². The molecule has 0 spiro atoms. The Bertz CT molecular complexity index is 1240. The van der Waals surface area contributed by atoms with Gasteiger partial charge in [0.05, 0.1) is 5.69 Å². The summed E-state index contributed by atoms with van der Waals surface area (Å²) in [5.41, 5.74) is 4.99. The van der Waals surface area contributed by atoms with Crippen LogP contribution in [0.1, 0.15) is 47.5 Å². The summed E-state index contributed by atoms with van der Waals surface area (Å²) < 4.78 is 3.37. The zero-order valence-electron chi connectivity index (χ0n) is 16.5. The third-order valence-corrected chi connectivity index (χ3v) is 5.51. The van der Waals surface area contributed by atoms with Crippen LogP contribution in [0, 0.1) is 13.8 Å². The van der Waals surface area contributed by atoms with Gasteiger partial charge in [-0.25, -0.2) is 0 Å². The Labute approximate surface area is 167 Å². The van der Waals surface area contributed by atoms with Crippen molar-refractivity contribution in [2.24, 2.45) is 0 Å². The average Bonchev–Trinajstić information content (AvgIpc) is 3.27. The van der Waals surface area contributed by atoms with Crippen LogP contribution in [0.5, 0.6) is 0 Å². The predicted molar refractivity (Wildman–Crippen MR) is 108 cm³/mol. The highest BCUT2D eigenvalue weighted by Crippen LogP contribution is 2.40. The molecule has 4 aromatic rings. The van der Waals surface area contributed by atoms with Gasteiger partial charge in [-0.1, -0.05) is 31.2 Å². The summed E-state index contributed by atoms with van der Waals surface area (Å²) >= 11 is 0. The van der Waals surface area contributed by atoms with Gasteiger partial charge in [0, 0.05) is 17.9 Å². The molecule has 0 aliphatic carbocycles. The van der Waals surface area contributed by atoms with Crippen molar-refractivity contribution < 1.29 is 4.79 Å². The fraction of sp³-hybridized carbons (Fsp3) is 0.286. The number of carbonyl (C=O) groups excluding carboxylic acids is 1. The number of fused-ring (bicyclic) bond motifs is 2. The largest absolute Gasteiger partial charge is 0.310 e. The van der Waals surface area contributed by atoms with E-state index in [1.165, 1.54) is 5.56 Å². The molecule has 0 saturated heterocycles. The Kier molecular flexibility index (Phi) is 3.94. The molecule has 0 fully saturated rings. The van der Waals surface area contributed by atoms with Gasteiger partial charge in [-0.05, 0) is 43.5 Å². The fourth-order valence-corrected chi connectivity index (χ4v) is 3.98. The molecule has 8 nitrogen and oxygen atoms in total. The highest BCUT2D eigenvalue weighted by molar-refractivity contribution is 5.95. The van der Waals surface area contributed by atoms with Crippen LogP contribution in [0.15, 0.2) is 36.4 Å². The van der Waals surface area contributed by atoms with Crippen LogP contribution in [0.25, 0.3) is 11.5 Å². The van der Waals surface area contributed by atoms with Gasteiger partial charge in [-0.3, -0.25) is 4.79 Å². The number of aryl methyl sites for hydroxylation is 3. The minimum absolute atomic E-state index is 0.0234. The maximum absolute atomic E-state index is 12.6. The monoisotopic (exact) mass is 387 g/mol. The number of amides is 1.